The molecule has 0 bridgehead atoms. The molecule has 1 aromatic carbocycles. The number of benzene rings is 1. The SMILES string of the molecule is COc1cnc(C2(O)Cc3ccccc3C2)c(OC)n1. The van der Waals surface area contributed by atoms with Crippen LogP contribution in [-0.4, -0.2) is 29.3 Å². The molecule has 20 heavy (non-hydrogen) atoms. The Labute approximate surface area is 117 Å². The summed E-state index contributed by atoms with van der Waals surface area (Å²) in [5.74, 6) is 0.671. The van der Waals surface area contributed by atoms with Gasteiger partial charge in [0.1, 0.15) is 11.3 Å². The van der Waals surface area contributed by atoms with Crippen molar-refractivity contribution in [3.63, 3.8) is 0 Å². The van der Waals surface area contributed by atoms with E-state index in [1.165, 1.54) is 20.4 Å². The van der Waals surface area contributed by atoms with Crippen molar-refractivity contribution < 1.29 is 14.6 Å². The molecule has 0 spiro atoms. The lowest BCUT2D eigenvalue weighted by Crippen LogP contribution is -2.28. The Hall–Kier alpha value is -2.14. The van der Waals surface area contributed by atoms with E-state index in [1.807, 2.05) is 24.3 Å². The molecule has 3 rings (SSSR count). The average Bonchev–Trinajstić information content (AvgIpc) is 2.83. The first kappa shape index (κ1) is 12.9. The zero-order valence-electron chi connectivity index (χ0n) is 11.5. The Morgan fingerprint density at radius 1 is 1.10 bits per heavy atom. The Balaban J connectivity index is 2.02. The van der Waals surface area contributed by atoms with Crippen LogP contribution in [0.3, 0.4) is 0 Å². The number of aliphatic hydroxyl groups is 1. The van der Waals surface area contributed by atoms with Crippen molar-refractivity contribution in [1.82, 2.24) is 9.97 Å². The zero-order chi connectivity index (χ0) is 14.2. The molecule has 1 heterocycles. The minimum absolute atomic E-state index is 0.305. The number of rotatable bonds is 3. The lowest BCUT2D eigenvalue weighted by atomic mass is 9.96. The number of ether oxygens (including phenoxy) is 2. The predicted molar refractivity (Wildman–Crippen MR) is 72.9 cm³/mol. The topological polar surface area (TPSA) is 64.5 Å². The van der Waals surface area contributed by atoms with Crippen molar-refractivity contribution in [2.24, 2.45) is 0 Å². The van der Waals surface area contributed by atoms with Crippen molar-refractivity contribution in [2.45, 2.75) is 18.4 Å². The highest BCUT2D eigenvalue weighted by atomic mass is 16.5. The summed E-state index contributed by atoms with van der Waals surface area (Å²) in [7, 11) is 3.03. The van der Waals surface area contributed by atoms with Gasteiger partial charge in [-0.1, -0.05) is 24.3 Å². The molecule has 1 aromatic heterocycles. The quantitative estimate of drug-likeness (QED) is 0.917. The number of methoxy groups -OCH3 is 2. The highest BCUT2D eigenvalue weighted by molar-refractivity contribution is 5.41. The number of nitrogens with zero attached hydrogens (tertiary/aromatic N) is 2. The molecule has 104 valence electrons. The molecule has 1 aliphatic carbocycles. The van der Waals surface area contributed by atoms with E-state index in [1.54, 1.807) is 0 Å². The highest BCUT2D eigenvalue weighted by Crippen LogP contribution is 2.40. The van der Waals surface area contributed by atoms with E-state index >= 15 is 0 Å². The Morgan fingerprint density at radius 3 is 2.30 bits per heavy atom. The van der Waals surface area contributed by atoms with E-state index in [-0.39, 0.29) is 0 Å². The largest absolute Gasteiger partial charge is 0.480 e. The first-order chi connectivity index (χ1) is 9.66. The van der Waals surface area contributed by atoms with Gasteiger partial charge in [0, 0.05) is 12.8 Å². The minimum Gasteiger partial charge on any atom is -0.480 e. The lowest BCUT2D eigenvalue weighted by Gasteiger charge is -2.23. The zero-order valence-corrected chi connectivity index (χ0v) is 11.5. The third-order valence-corrected chi connectivity index (χ3v) is 3.65. The molecule has 0 amide bonds. The molecular weight excluding hydrogens is 256 g/mol. The molecule has 0 aliphatic heterocycles. The van der Waals surface area contributed by atoms with Gasteiger partial charge in [-0.05, 0) is 11.1 Å². The lowest BCUT2D eigenvalue weighted by molar-refractivity contribution is 0.0400. The molecule has 1 aliphatic rings. The van der Waals surface area contributed by atoms with Crippen LogP contribution in [0.1, 0.15) is 16.8 Å². The number of hydrogen-bond donors (Lipinski definition) is 1. The number of aromatic nitrogens is 2. The van der Waals surface area contributed by atoms with Gasteiger partial charge in [-0.2, -0.15) is 4.98 Å². The summed E-state index contributed by atoms with van der Waals surface area (Å²) < 4.78 is 10.3. The summed E-state index contributed by atoms with van der Waals surface area (Å²) in [4.78, 5) is 8.49. The van der Waals surface area contributed by atoms with Crippen LogP contribution >= 0.6 is 0 Å². The molecule has 0 fully saturated rings. The minimum atomic E-state index is -1.08. The smallest absolute Gasteiger partial charge is 0.241 e. The molecule has 2 aromatic rings. The number of hydrogen-bond acceptors (Lipinski definition) is 5. The molecular formula is C15H16N2O3. The normalized spacial score (nSPS) is 15.8. The average molecular weight is 272 g/mol. The van der Waals surface area contributed by atoms with Crippen LogP contribution in [-0.2, 0) is 18.4 Å². The highest BCUT2D eigenvalue weighted by Gasteiger charge is 2.40. The second-order valence-electron chi connectivity index (χ2n) is 4.92. The van der Waals surface area contributed by atoms with Crippen molar-refractivity contribution in [2.75, 3.05) is 14.2 Å². The van der Waals surface area contributed by atoms with E-state index < -0.39 is 5.60 Å². The van der Waals surface area contributed by atoms with Gasteiger partial charge in [0.15, 0.2) is 0 Å². The van der Waals surface area contributed by atoms with Crippen LogP contribution < -0.4 is 9.47 Å². The van der Waals surface area contributed by atoms with Crippen LogP contribution in [0.25, 0.3) is 0 Å². The summed E-state index contributed by atoms with van der Waals surface area (Å²) >= 11 is 0. The third-order valence-electron chi connectivity index (χ3n) is 3.65. The van der Waals surface area contributed by atoms with E-state index in [2.05, 4.69) is 9.97 Å². The molecule has 0 saturated carbocycles. The van der Waals surface area contributed by atoms with E-state index in [0.29, 0.717) is 30.3 Å². The second-order valence-corrected chi connectivity index (χ2v) is 4.92. The first-order valence-electron chi connectivity index (χ1n) is 6.41. The summed E-state index contributed by atoms with van der Waals surface area (Å²) in [6, 6.07) is 8.00. The fourth-order valence-corrected chi connectivity index (χ4v) is 2.68. The molecule has 0 saturated heterocycles. The third kappa shape index (κ3) is 2.00. The van der Waals surface area contributed by atoms with E-state index in [0.717, 1.165) is 11.1 Å². The molecule has 5 nitrogen and oxygen atoms in total. The van der Waals surface area contributed by atoms with Crippen LogP contribution in [0.5, 0.6) is 11.8 Å². The van der Waals surface area contributed by atoms with Crippen molar-refractivity contribution in [3.05, 3.63) is 47.3 Å². The molecule has 0 radical (unpaired) electrons. The summed E-state index contributed by atoms with van der Waals surface area (Å²) in [6.45, 7) is 0. The van der Waals surface area contributed by atoms with Gasteiger partial charge in [-0.15, -0.1) is 0 Å². The Bertz CT molecular complexity index is 618. The predicted octanol–water partition coefficient (Wildman–Crippen LogP) is 1.48. The van der Waals surface area contributed by atoms with Crippen molar-refractivity contribution >= 4 is 0 Å². The second kappa shape index (κ2) is 4.76. The van der Waals surface area contributed by atoms with Crippen molar-refractivity contribution in [1.29, 1.82) is 0 Å². The van der Waals surface area contributed by atoms with Gasteiger partial charge < -0.3 is 14.6 Å². The maximum atomic E-state index is 10.9. The van der Waals surface area contributed by atoms with Gasteiger partial charge in [-0.3, -0.25) is 0 Å². The van der Waals surface area contributed by atoms with E-state index in [9.17, 15) is 5.11 Å². The fraction of sp³-hybridized carbons (Fsp3) is 0.333. The molecule has 0 atom stereocenters. The first-order valence-corrected chi connectivity index (χ1v) is 6.41. The monoisotopic (exact) mass is 272 g/mol. The summed E-state index contributed by atoms with van der Waals surface area (Å²) in [5, 5.41) is 10.9. The van der Waals surface area contributed by atoms with Gasteiger partial charge in [-0.25, -0.2) is 4.98 Å². The van der Waals surface area contributed by atoms with E-state index in [4.69, 9.17) is 9.47 Å². The number of fused-ring (bicyclic) bond motifs is 1. The van der Waals surface area contributed by atoms with Crippen molar-refractivity contribution in [3.8, 4) is 11.8 Å². The van der Waals surface area contributed by atoms with Gasteiger partial charge in [0.05, 0.1) is 20.4 Å². The maximum absolute atomic E-state index is 10.9. The molecule has 1 N–H and O–H groups in total. The Morgan fingerprint density at radius 2 is 1.75 bits per heavy atom. The van der Waals surface area contributed by atoms with Crippen LogP contribution in [0.4, 0.5) is 0 Å². The van der Waals surface area contributed by atoms with Gasteiger partial charge >= 0.3 is 0 Å². The van der Waals surface area contributed by atoms with Gasteiger partial charge in [0.2, 0.25) is 11.8 Å². The fourth-order valence-electron chi connectivity index (χ4n) is 2.68. The van der Waals surface area contributed by atoms with Crippen LogP contribution in [0.2, 0.25) is 0 Å². The molecule has 5 heteroatoms. The Kier molecular flexibility index (Phi) is 3.06. The molecule has 0 unspecified atom stereocenters. The van der Waals surface area contributed by atoms with Gasteiger partial charge in [0.25, 0.3) is 0 Å². The van der Waals surface area contributed by atoms with Crippen LogP contribution in [0.15, 0.2) is 30.5 Å². The standard InChI is InChI=1S/C15H16N2O3/c1-19-12-9-16-13(14(17-12)20-2)15(18)7-10-5-3-4-6-11(10)8-15/h3-6,9,18H,7-8H2,1-2H3. The maximum Gasteiger partial charge on any atom is 0.241 e. The summed E-state index contributed by atoms with van der Waals surface area (Å²) in [6.07, 6.45) is 2.53. The van der Waals surface area contributed by atoms with Crippen LogP contribution in [0, 0.1) is 0 Å². The summed E-state index contributed by atoms with van der Waals surface area (Å²) in [5.41, 5.74) is 1.65.